The molecule has 0 bridgehead atoms. The Hall–Kier alpha value is -1.09. The van der Waals surface area contributed by atoms with E-state index in [0.29, 0.717) is 17.9 Å². The fourth-order valence-electron chi connectivity index (χ4n) is 1.40. The first-order chi connectivity index (χ1) is 6.20. The van der Waals surface area contributed by atoms with Crippen LogP contribution in [0.1, 0.15) is 24.2 Å². The highest BCUT2D eigenvalue weighted by Crippen LogP contribution is 2.30. The summed E-state index contributed by atoms with van der Waals surface area (Å²) in [6.07, 6.45) is -1.05. The number of hydrogen-bond acceptors (Lipinski definition) is 2. The lowest BCUT2D eigenvalue weighted by Crippen LogP contribution is -2.04. The SMILES string of the molecule is COc1cccc(CN)c1C(C)F. The van der Waals surface area contributed by atoms with Crippen LogP contribution in [0.3, 0.4) is 0 Å². The summed E-state index contributed by atoms with van der Waals surface area (Å²) in [7, 11) is 1.53. The fourth-order valence-corrected chi connectivity index (χ4v) is 1.40. The highest BCUT2D eigenvalue weighted by Gasteiger charge is 2.13. The van der Waals surface area contributed by atoms with Gasteiger partial charge in [0.2, 0.25) is 0 Å². The number of methoxy groups -OCH3 is 1. The summed E-state index contributed by atoms with van der Waals surface area (Å²) >= 11 is 0. The molecule has 0 aliphatic heterocycles. The molecule has 0 aliphatic carbocycles. The van der Waals surface area contributed by atoms with Gasteiger partial charge in [-0.2, -0.15) is 0 Å². The van der Waals surface area contributed by atoms with E-state index >= 15 is 0 Å². The van der Waals surface area contributed by atoms with E-state index < -0.39 is 6.17 Å². The highest BCUT2D eigenvalue weighted by atomic mass is 19.1. The lowest BCUT2D eigenvalue weighted by Gasteiger charge is -2.13. The van der Waals surface area contributed by atoms with Crippen molar-refractivity contribution in [3.63, 3.8) is 0 Å². The van der Waals surface area contributed by atoms with E-state index in [4.69, 9.17) is 10.5 Å². The highest BCUT2D eigenvalue weighted by molar-refractivity contribution is 5.41. The van der Waals surface area contributed by atoms with Crippen molar-refractivity contribution in [3.8, 4) is 5.75 Å². The van der Waals surface area contributed by atoms with Gasteiger partial charge in [0, 0.05) is 12.1 Å². The zero-order valence-corrected chi connectivity index (χ0v) is 7.88. The van der Waals surface area contributed by atoms with Crippen molar-refractivity contribution in [2.45, 2.75) is 19.6 Å². The summed E-state index contributed by atoms with van der Waals surface area (Å²) in [6.45, 7) is 1.82. The maximum absolute atomic E-state index is 13.2. The Kier molecular flexibility index (Phi) is 3.25. The molecule has 1 unspecified atom stereocenters. The molecule has 0 spiro atoms. The van der Waals surface area contributed by atoms with Gasteiger partial charge in [-0.25, -0.2) is 4.39 Å². The van der Waals surface area contributed by atoms with Crippen LogP contribution in [0, 0.1) is 0 Å². The third-order valence-electron chi connectivity index (χ3n) is 1.99. The Morgan fingerprint density at radius 3 is 2.69 bits per heavy atom. The number of alkyl halides is 1. The van der Waals surface area contributed by atoms with Gasteiger partial charge in [-0.1, -0.05) is 12.1 Å². The second-order valence-corrected chi connectivity index (χ2v) is 2.85. The topological polar surface area (TPSA) is 35.2 Å². The van der Waals surface area contributed by atoms with Crippen molar-refractivity contribution >= 4 is 0 Å². The van der Waals surface area contributed by atoms with Gasteiger partial charge in [0.25, 0.3) is 0 Å². The monoisotopic (exact) mass is 183 g/mol. The van der Waals surface area contributed by atoms with Crippen LogP contribution in [-0.4, -0.2) is 7.11 Å². The fraction of sp³-hybridized carbons (Fsp3) is 0.400. The molecule has 0 radical (unpaired) electrons. The summed E-state index contributed by atoms with van der Waals surface area (Å²) in [5.41, 5.74) is 6.85. The number of rotatable bonds is 3. The number of nitrogens with two attached hydrogens (primary N) is 1. The zero-order chi connectivity index (χ0) is 9.84. The predicted molar refractivity (Wildman–Crippen MR) is 50.4 cm³/mol. The van der Waals surface area contributed by atoms with Crippen LogP contribution in [0.4, 0.5) is 4.39 Å². The second kappa shape index (κ2) is 4.23. The first-order valence-electron chi connectivity index (χ1n) is 4.20. The number of ether oxygens (including phenoxy) is 1. The van der Waals surface area contributed by atoms with E-state index in [9.17, 15) is 4.39 Å². The largest absolute Gasteiger partial charge is 0.496 e. The van der Waals surface area contributed by atoms with Gasteiger partial charge in [0.05, 0.1) is 7.11 Å². The minimum atomic E-state index is -1.05. The third-order valence-corrected chi connectivity index (χ3v) is 1.99. The summed E-state index contributed by atoms with van der Waals surface area (Å²) < 4.78 is 18.2. The Balaban J connectivity index is 3.21. The summed E-state index contributed by atoms with van der Waals surface area (Å²) in [4.78, 5) is 0. The van der Waals surface area contributed by atoms with Gasteiger partial charge in [-0.15, -0.1) is 0 Å². The van der Waals surface area contributed by atoms with Crippen molar-refractivity contribution in [3.05, 3.63) is 29.3 Å². The lowest BCUT2D eigenvalue weighted by molar-refractivity contribution is 0.344. The van der Waals surface area contributed by atoms with Crippen molar-refractivity contribution in [2.75, 3.05) is 7.11 Å². The van der Waals surface area contributed by atoms with Gasteiger partial charge in [0.1, 0.15) is 11.9 Å². The summed E-state index contributed by atoms with van der Waals surface area (Å²) in [5.74, 6) is 0.568. The average molecular weight is 183 g/mol. The molecule has 1 atom stereocenters. The first kappa shape index (κ1) is 9.99. The molecule has 0 heterocycles. The standard InChI is InChI=1S/C10H14FNO/c1-7(11)10-8(6-12)4-3-5-9(10)13-2/h3-5,7H,6,12H2,1-2H3. The molecule has 2 nitrogen and oxygen atoms in total. The first-order valence-corrected chi connectivity index (χ1v) is 4.20. The summed E-state index contributed by atoms with van der Waals surface area (Å²) in [6, 6.07) is 5.37. The van der Waals surface area contributed by atoms with E-state index in [0.717, 1.165) is 5.56 Å². The third kappa shape index (κ3) is 1.98. The van der Waals surface area contributed by atoms with E-state index in [2.05, 4.69) is 0 Å². The quantitative estimate of drug-likeness (QED) is 0.779. The number of halogens is 1. The minimum Gasteiger partial charge on any atom is -0.496 e. The van der Waals surface area contributed by atoms with E-state index in [1.807, 2.05) is 12.1 Å². The molecule has 0 amide bonds. The molecule has 1 rings (SSSR count). The molecular weight excluding hydrogens is 169 g/mol. The van der Waals surface area contributed by atoms with Gasteiger partial charge >= 0.3 is 0 Å². The van der Waals surface area contributed by atoms with Crippen LogP contribution in [-0.2, 0) is 6.54 Å². The van der Waals surface area contributed by atoms with Crippen molar-refractivity contribution in [1.29, 1.82) is 0 Å². The van der Waals surface area contributed by atoms with Gasteiger partial charge in [0.15, 0.2) is 0 Å². The molecule has 72 valence electrons. The molecule has 13 heavy (non-hydrogen) atoms. The predicted octanol–water partition coefficient (Wildman–Crippen LogP) is 2.18. The van der Waals surface area contributed by atoms with Gasteiger partial charge in [-0.05, 0) is 18.6 Å². The van der Waals surface area contributed by atoms with Crippen molar-refractivity contribution in [1.82, 2.24) is 0 Å². The summed E-state index contributed by atoms with van der Waals surface area (Å²) in [5, 5.41) is 0. The minimum absolute atomic E-state index is 0.334. The van der Waals surface area contributed by atoms with Crippen LogP contribution in [0.25, 0.3) is 0 Å². The number of hydrogen-bond donors (Lipinski definition) is 1. The van der Waals surface area contributed by atoms with Crippen molar-refractivity contribution < 1.29 is 9.13 Å². The zero-order valence-electron chi connectivity index (χ0n) is 7.88. The number of benzene rings is 1. The van der Waals surface area contributed by atoms with Crippen LogP contribution >= 0.6 is 0 Å². The molecule has 0 aliphatic rings. The normalized spacial score (nSPS) is 12.6. The van der Waals surface area contributed by atoms with Crippen LogP contribution < -0.4 is 10.5 Å². The molecule has 1 aromatic rings. The molecule has 0 fully saturated rings. The van der Waals surface area contributed by atoms with Crippen LogP contribution in [0.5, 0.6) is 5.75 Å². The molecular formula is C10H14FNO. The van der Waals surface area contributed by atoms with E-state index in [-0.39, 0.29) is 0 Å². The van der Waals surface area contributed by atoms with Gasteiger partial charge < -0.3 is 10.5 Å². The molecule has 0 aromatic heterocycles. The lowest BCUT2D eigenvalue weighted by atomic mass is 10.0. The molecule has 3 heteroatoms. The van der Waals surface area contributed by atoms with Crippen molar-refractivity contribution in [2.24, 2.45) is 5.73 Å². The molecule has 2 N–H and O–H groups in total. The van der Waals surface area contributed by atoms with Gasteiger partial charge in [-0.3, -0.25) is 0 Å². The van der Waals surface area contributed by atoms with Crippen LogP contribution in [0.15, 0.2) is 18.2 Å². The Bertz CT molecular complexity index is 264. The molecule has 1 aromatic carbocycles. The molecule has 0 saturated heterocycles. The van der Waals surface area contributed by atoms with E-state index in [1.165, 1.54) is 14.0 Å². The maximum atomic E-state index is 13.2. The average Bonchev–Trinajstić information content (AvgIpc) is 2.16. The molecule has 0 saturated carbocycles. The Labute approximate surface area is 77.5 Å². The Morgan fingerprint density at radius 1 is 1.54 bits per heavy atom. The Morgan fingerprint density at radius 2 is 2.23 bits per heavy atom. The smallest absolute Gasteiger partial charge is 0.126 e. The van der Waals surface area contributed by atoms with E-state index in [1.54, 1.807) is 6.07 Å². The second-order valence-electron chi connectivity index (χ2n) is 2.85. The van der Waals surface area contributed by atoms with Crippen LogP contribution in [0.2, 0.25) is 0 Å². The maximum Gasteiger partial charge on any atom is 0.126 e.